The Morgan fingerprint density at radius 1 is 1.12 bits per heavy atom. The molecule has 132 valence electrons. The zero-order valence-electron chi connectivity index (χ0n) is 14.0. The van der Waals surface area contributed by atoms with Gasteiger partial charge in [-0.2, -0.15) is 0 Å². The Labute approximate surface area is 146 Å². The van der Waals surface area contributed by atoms with Gasteiger partial charge >= 0.3 is 11.9 Å². The molecule has 0 spiro atoms. The molecule has 1 rings (SSSR count). The average molecular weight is 356 g/mol. The number of benzene rings is 1. The summed E-state index contributed by atoms with van der Waals surface area (Å²) in [5, 5.41) is 2.42. The molecule has 1 aromatic rings. The van der Waals surface area contributed by atoms with Gasteiger partial charge in [-0.05, 0) is 26.3 Å². The molecular weight excluding hydrogens is 334 g/mol. The van der Waals surface area contributed by atoms with E-state index in [1.807, 2.05) is 30.3 Å². The van der Waals surface area contributed by atoms with Gasteiger partial charge in [0.1, 0.15) is 18.0 Å². The average Bonchev–Trinajstić information content (AvgIpc) is 2.51. The molecule has 1 aromatic carbocycles. The largest absolute Gasteiger partial charge is 0.459 e. The first kappa shape index (κ1) is 20.0. The van der Waals surface area contributed by atoms with Crippen LogP contribution in [0.25, 0.3) is 0 Å². The first-order valence-electron chi connectivity index (χ1n) is 7.50. The number of amides is 1. The highest BCUT2D eigenvalue weighted by molar-refractivity contribution is 6.26. The molecule has 0 saturated heterocycles. The molecule has 1 atom stereocenters. The third kappa shape index (κ3) is 7.97. The summed E-state index contributed by atoms with van der Waals surface area (Å²) in [4.78, 5) is 35.3. The molecule has 0 saturated carbocycles. The molecule has 0 bridgehead atoms. The number of carbonyl (C=O) groups is 3. The van der Waals surface area contributed by atoms with E-state index in [0.29, 0.717) is 0 Å². The molecule has 1 unspecified atom stereocenters. The maximum atomic E-state index is 12.2. The van der Waals surface area contributed by atoms with E-state index in [-0.39, 0.29) is 18.8 Å². The quantitative estimate of drug-likeness (QED) is 0.596. The second-order valence-electron chi connectivity index (χ2n) is 6.11. The fourth-order valence-electron chi connectivity index (χ4n) is 1.86. The third-order valence-corrected chi connectivity index (χ3v) is 2.98. The molecule has 24 heavy (non-hydrogen) atoms. The van der Waals surface area contributed by atoms with E-state index < -0.39 is 29.6 Å². The molecule has 0 aliphatic rings. The van der Waals surface area contributed by atoms with Gasteiger partial charge in [0.05, 0.1) is 0 Å². The van der Waals surface area contributed by atoms with Crippen molar-refractivity contribution in [2.75, 3.05) is 12.4 Å². The number of rotatable bonds is 7. The van der Waals surface area contributed by atoms with Crippen LogP contribution in [-0.2, 0) is 30.3 Å². The van der Waals surface area contributed by atoms with Crippen LogP contribution in [0.15, 0.2) is 30.3 Å². The van der Waals surface area contributed by atoms with Gasteiger partial charge < -0.3 is 14.8 Å². The normalized spacial score (nSPS) is 12.2. The molecule has 0 fully saturated rings. The lowest BCUT2D eigenvalue weighted by molar-refractivity contribution is -0.157. The number of hydrogen-bond donors (Lipinski definition) is 1. The van der Waals surface area contributed by atoms with Gasteiger partial charge in [0, 0.05) is 6.42 Å². The summed E-state index contributed by atoms with van der Waals surface area (Å²) in [6, 6.07) is 9.08. The van der Waals surface area contributed by atoms with Crippen molar-refractivity contribution < 1.29 is 23.9 Å². The number of hydrogen-bond acceptors (Lipinski definition) is 5. The van der Waals surface area contributed by atoms with Crippen molar-refractivity contribution >= 4 is 29.4 Å². The summed E-state index contributed by atoms with van der Waals surface area (Å²) >= 11 is 5.42. The zero-order chi connectivity index (χ0) is 18.2. The first-order chi connectivity index (χ1) is 11.2. The van der Waals surface area contributed by atoms with Crippen molar-refractivity contribution in [3.8, 4) is 0 Å². The van der Waals surface area contributed by atoms with Crippen LogP contribution >= 0.6 is 11.6 Å². The number of nitrogens with one attached hydrogen (secondary N) is 1. The minimum Gasteiger partial charge on any atom is -0.459 e. The molecule has 0 aliphatic heterocycles. The van der Waals surface area contributed by atoms with E-state index in [1.165, 1.54) is 0 Å². The van der Waals surface area contributed by atoms with Crippen LogP contribution in [-0.4, -0.2) is 42.0 Å². The van der Waals surface area contributed by atoms with Gasteiger partial charge in [-0.25, -0.2) is 0 Å². The smallest absolute Gasteiger partial charge is 0.325 e. The van der Waals surface area contributed by atoms with Gasteiger partial charge in [-0.15, -0.1) is 11.6 Å². The monoisotopic (exact) mass is 355 g/mol. The number of esters is 2. The molecule has 1 N–H and O–H groups in total. The standard InChI is InChI=1S/C17H22ClNO5/c1-17(2,3)24-15(21)11-19-16(22)13(23-14(20)10-18)9-12-7-5-4-6-8-12/h4-8,13H,9-11H2,1-3H3,(H,19,22). The predicted molar refractivity (Wildman–Crippen MR) is 89.6 cm³/mol. The second kappa shape index (κ2) is 9.27. The molecule has 6 nitrogen and oxygen atoms in total. The summed E-state index contributed by atoms with van der Waals surface area (Å²) in [6.45, 7) is 4.88. The number of alkyl halides is 1. The van der Waals surface area contributed by atoms with Crippen molar-refractivity contribution in [3.05, 3.63) is 35.9 Å². The summed E-state index contributed by atoms with van der Waals surface area (Å²) < 4.78 is 10.2. The minimum atomic E-state index is -1.07. The number of halogens is 1. The van der Waals surface area contributed by atoms with Crippen LogP contribution in [0, 0.1) is 0 Å². The van der Waals surface area contributed by atoms with Gasteiger partial charge in [0.15, 0.2) is 6.10 Å². The maximum Gasteiger partial charge on any atom is 0.325 e. The summed E-state index contributed by atoms with van der Waals surface area (Å²) in [5.74, 6) is -2.21. The Hall–Kier alpha value is -2.08. The van der Waals surface area contributed by atoms with Crippen LogP contribution in [0.4, 0.5) is 0 Å². The van der Waals surface area contributed by atoms with Gasteiger partial charge in [-0.1, -0.05) is 30.3 Å². The van der Waals surface area contributed by atoms with Crippen LogP contribution < -0.4 is 5.32 Å². The van der Waals surface area contributed by atoms with Crippen molar-refractivity contribution in [2.45, 2.75) is 38.9 Å². The SMILES string of the molecule is CC(C)(C)OC(=O)CNC(=O)C(Cc1ccccc1)OC(=O)CCl. The topological polar surface area (TPSA) is 81.7 Å². The number of carbonyl (C=O) groups excluding carboxylic acids is 3. The molecule has 7 heteroatoms. The lowest BCUT2D eigenvalue weighted by atomic mass is 10.1. The molecule has 1 amide bonds. The molecule has 0 radical (unpaired) electrons. The minimum absolute atomic E-state index is 0.184. The third-order valence-electron chi connectivity index (χ3n) is 2.77. The van der Waals surface area contributed by atoms with E-state index in [1.54, 1.807) is 20.8 Å². The fourth-order valence-corrected chi connectivity index (χ4v) is 1.92. The highest BCUT2D eigenvalue weighted by atomic mass is 35.5. The summed E-state index contributed by atoms with van der Waals surface area (Å²) in [5.41, 5.74) is 0.174. The number of ether oxygens (including phenoxy) is 2. The van der Waals surface area contributed by atoms with Gasteiger partial charge in [0.25, 0.3) is 5.91 Å². The lowest BCUT2D eigenvalue weighted by Gasteiger charge is -2.21. The molecule has 0 aliphatic carbocycles. The summed E-state index contributed by atoms with van der Waals surface area (Å²) in [7, 11) is 0. The van der Waals surface area contributed by atoms with Crippen molar-refractivity contribution in [1.29, 1.82) is 0 Å². The molecular formula is C17H22ClNO5. The maximum absolute atomic E-state index is 12.2. The van der Waals surface area contributed by atoms with E-state index in [9.17, 15) is 14.4 Å². The van der Waals surface area contributed by atoms with Crippen LogP contribution in [0.2, 0.25) is 0 Å². The highest BCUT2D eigenvalue weighted by Crippen LogP contribution is 2.08. The van der Waals surface area contributed by atoms with E-state index >= 15 is 0 Å². The Morgan fingerprint density at radius 3 is 2.29 bits per heavy atom. The van der Waals surface area contributed by atoms with Crippen LogP contribution in [0.3, 0.4) is 0 Å². The Bertz CT molecular complexity index is 568. The summed E-state index contributed by atoms with van der Waals surface area (Å²) in [6.07, 6.45) is -0.884. The fraction of sp³-hybridized carbons (Fsp3) is 0.471. The zero-order valence-corrected chi connectivity index (χ0v) is 14.8. The lowest BCUT2D eigenvalue weighted by Crippen LogP contribution is -2.42. The Morgan fingerprint density at radius 2 is 1.75 bits per heavy atom. The van der Waals surface area contributed by atoms with E-state index in [2.05, 4.69) is 5.32 Å². The Kier molecular flexibility index (Phi) is 7.71. The molecule has 0 heterocycles. The predicted octanol–water partition coefficient (Wildman–Crippen LogP) is 1.84. The first-order valence-corrected chi connectivity index (χ1v) is 8.03. The molecule has 0 aromatic heterocycles. The van der Waals surface area contributed by atoms with Gasteiger partial charge in [0.2, 0.25) is 0 Å². The van der Waals surface area contributed by atoms with E-state index in [4.69, 9.17) is 21.1 Å². The Balaban J connectivity index is 2.66. The second-order valence-corrected chi connectivity index (χ2v) is 6.37. The van der Waals surface area contributed by atoms with Crippen LogP contribution in [0.5, 0.6) is 0 Å². The highest BCUT2D eigenvalue weighted by Gasteiger charge is 2.24. The van der Waals surface area contributed by atoms with Crippen molar-refractivity contribution in [1.82, 2.24) is 5.32 Å². The van der Waals surface area contributed by atoms with Crippen LogP contribution in [0.1, 0.15) is 26.3 Å². The van der Waals surface area contributed by atoms with E-state index in [0.717, 1.165) is 5.56 Å². The van der Waals surface area contributed by atoms with Gasteiger partial charge in [-0.3, -0.25) is 14.4 Å². The van der Waals surface area contributed by atoms with Crippen molar-refractivity contribution in [2.24, 2.45) is 0 Å². The van der Waals surface area contributed by atoms with Crippen molar-refractivity contribution in [3.63, 3.8) is 0 Å².